The molecular weight excluding hydrogens is 348 g/mol. The van der Waals surface area contributed by atoms with E-state index in [4.69, 9.17) is 9.47 Å². The molecule has 1 aromatic carbocycles. The number of benzene rings is 1. The molecule has 5 rings (SSSR count). The van der Waals surface area contributed by atoms with Crippen LogP contribution in [0.25, 0.3) is 0 Å². The average Bonchev–Trinajstić information content (AvgIpc) is 3.43. The molecule has 2 fully saturated rings. The van der Waals surface area contributed by atoms with E-state index in [9.17, 15) is 4.79 Å². The molecule has 1 amide bonds. The molecule has 26 heavy (non-hydrogen) atoms. The van der Waals surface area contributed by atoms with Crippen molar-refractivity contribution >= 4 is 23.4 Å². The van der Waals surface area contributed by atoms with Gasteiger partial charge in [-0.15, -0.1) is 0 Å². The number of anilines is 1. The van der Waals surface area contributed by atoms with Crippen molar-refractivity contribution in [3.63, 3.8) is 0 Å². The molecule has 0 bridgehead atoms. The second-order valence-electron chi connectivity index (χ2n) is 7.12. The molecular formula is C20H20N2O3S. The number of fused-ring (bicyclic) bond motifs is 2. The monoisotopic (exact) mass is 368 g/mol. The minimum Gasteiger partial charge on any atom is -0.338 e. The summed E-state index contributed by atoms with van der Waals surface area (Å²) >= 11 is 1.61. The van der Waals surface area contributed by atoms with E-state index in [1.807, 2.05) is 36.5 Å². The first kappa shape index (κ1) is 16.3. The smallest absolute Gasteiger partial charge is 0.289 e. The summed E-state index contributed by atoms with van der Waals surface area (Å²) in [6.07, 6.45) is 8.11. The van der Waals surface area contributed by atoms with Crippen LogP contribution in [0.5, 0.6) is 0 Å². The number of aromatic nitrogens is 1. The molecule has 0 radical (unpaired) electrons. The Morgan fingerprint density at radius 2 is 2.15 bits per heavy atom. The lowest BCUT2D eigenvalue weighted by atomic mass is 10.0. The standard InChI is InChI=1S/C20H20N2O3S/c23-19-20(24-9-7-14(25-20)10-13-3-4-13)17-11-15(5-6-18(17)22-19)26-16-2-1-8-21-12-16/h1-2,5-6,8,11-14H,3-4,7,9-10H2,(H,22,23)/t14?,20-/m1/s1. The van der Waals surface area contributed by atoms with Crippen molar-refractivity contribution in [3.8, 4) is 0 Å². The Morgan fingerprint density at radius 1 is 1.23 bits per heavy atom. The molecule has 1 saturated carbocycles. The highest BCUT2D eigenvalue weighted by Gasteiger charge is 2.53. The summed E-state index contributed by atoms with van der Waals surface area (Å²) < 4.78 is 12.2. The lowest BCUT2D eigenvalue weighted by Gasteiger charge is -2.37. The average molecular weight is 368 g/mol. The summed E-state index contributed by atoms with van der Waals surface area (Å²) in [5.74, 6) is -0.748. The first-order valence-corrected chi connectivity index (χ1v) is 9.90. The maximum atomic E-state index is 12.7. The summed E-state index contributed by atoms with van der Waals surface area (Å²) in [5, 5.41) is 2.93. The van der Waals surface area contributed by atoms with Crippen molar-refractivity contribution in [1.29, 1.82) is 0 Å². The number of hydrogen-bond donors (Lipinski definition) is 1. The summed E-state index contributed by atoms with van der Waals surface area (Å²) in [6.45, 7) is 0.546. The van der Waals surface area contributed by atoms with E-state index in [0.717, 1.165) is 39.8 Å². The predicted molar refractivity (Wildman–Crippen MR) is 97.9 cm³/mol. The van der Waals surface area contributed by atoms with E-state index in [0.29, 0.717) is 6.61 Å². The topological polar surface area (TPSA) is 60.5 Å². The lowest BCUT2D eigenvalue weighted by Crippen LogP contribution is -2.47. The van der Waals surface area contributed by atoms with E-state index >= 15 is 0 Å². The van der Waals surface area contributed by atoms with Crippen molar-refractivity contribution in [2.75, 3.05) is 11.9 Å². The van der Waals surface area contributed by atoms with E-state index in [2.05, 4.69) is 10.3 Å². The molecule has 5 nitrogen and oxygen atoms in total. The molecule has 3 heterocycles. The number of rotatable bonds is 4. The lowest BCUT2D eigenvalue weighted by molar-refractivity contribution is -0.281. The molecule has 1 aromatic heterocycles. The number of nitrogens with zero attached hydrogens (tertiary/aromatic N) is 1. The number of carbonyl (C=O) groups excluding carboxylic acids is 1. The van der Waals surface area contributed by atoms with E-state index in [1.165, 1.54) is 12.8 Å². The number of hydrogen-bond acceptors (Lipinski definition) is 5. The third-order valence-corrected chi connectivity index (χ3v) is 6.10. The zero-order valence-corrected chi connectivity index (χ0v) is 15.1. The fourth-order valence-corrected chi connectivity index (χ4v) is 4.50. The van der Waals surface area contributed by atoms with Gasteiger partial charge in [0.2, 0.25) is 0 Å². The quantitative estimate of drug-likeness (QED) is 0.886. The predicted octanol–water partition coefficient (Wildman–Crippen LogP) is 3.94. The highest BCUT2D eigenvalue weighted by atomic mass is 32.2. The van der Waals surface area contributed by atoms with E-state index in [1.54, 1.807) is 18.0 Å². The highest BCUT2D eigenvalue weighted by molar-refractivity contribution is 7.99. The Balaban J connectivity index is 1.45. The number of nitrogens with one attached hydrogen (secondary N) is 1. The minimum absolute atomic E-state index is 0.0857. The molecule has 2 aromatic rings. The molecule has 1 saturated heterocycles. The zero-order chi connectivity index (χ0) is 17.6. The van der Waals surface area contributed by atoms with Gasteiger partial charge in [0.15, 0.2) is 0 Å². The van der Waals surface area contributed by atoms with Crippen LogP contribution in [-0.4, -0.2) is 23.6 Å². The van der Waals surface area contributed by atoms with Gasteiger partial charge in [-0.25, -0.2) is 0 Å². The Kier molecular flexibility index (Phi) is 3.99. The Morgan fingerprint density at radius 3 is 2.96 bits per heavy atom. The first-order chi connectivity index (χ1) is 12.7. The number of ether oxygens (including phenoxy) is 2. The SMILES string of the molecule is O=C1Nc2ccc(Sc3cccnc3)cc2[C@]12OCCC(CC1CC1)O2. The van der Waals surface area contributed by atoms with Gasteiger partial charge in [0.1, 0.15) is 0 Å². The summed E-state index contributed by atoms with van der Waals surface area (Å²) in [7, 11) is 0. The van der Waals surface area contributed by atoms with Crippen LogP contribution < -0.4 is 5.32 Å². The second-order valence-corrected chi connectivity index (χ2v) is 8.27. The normalized spacial score (nSPS) is 27.4. The van der Waals surface area contributed by atoms with Crippen molar-refractivity contribution in [3.05, 3.63) is 48.3 Å². The van der Waals surface area contributed by atoms with Crippen LogP contribution in [0.15, 0.2) is 52.5 Å². The number of amides is 1. The summed E-state index contributed by atoms with van der Waals surface area (Å²) in [5.41, 5.74) is 1.56. The van der Waals surface area contributed by atoms with Gasteiger partial charge in [0.25, 0.3) is 11.7 Å². The van der Waals surface area contributed by atoms with Gasteiger partial charge in [0, 0.05) is 27.7 Å². The molecule has 2 aliphatic heterocycles. The van der Waals surface area contributed by atoms with E-state index < -0.39 is 5.79 Å². The van der Waals surface area contributed by atoms with Crippen molar-refractivity contribution in [2.24, 2.45) is 5.92 Å². The Bertz CT molecular complexity index is 840. The van der Waals surface area contributed by atoms with Crippen molar-refractivity contribution in [2.45, 2.75) is 47.4 Å². The third kappa shape index (κ3) is 2.92. The fraction of sp³-hybridized carbons (Fsp3) is 0.400. The van der Waals surface area contributed by atoms with Crippen LogP contribution in [0.3, 0.4) is 0 Å². The van der Waals surface area contributed by atoms with Crippen LogP contribution in [0.4, 0.5) is 5.69 Å². The van der Waals surface area contributed by atoms with Gasteiger partial charge in [-0.05, 0) is 49.1 Å². The largest absolute Gasteiger partial charge is 0.338 e. The van der Waals surface area contributed by atoms with Crippen LogP contribution in [0.2, 0.25) is 0 Å². The molecule has 1 N–H and O–H groups in total. The van der Waals surface area contributed by atoms with Gasteiger partial charge in [-0.3, -0.25) is 9.78 Å². The summed E-state index contributed by atoms with van der Waals surface area (Å²) in [4.78, 5) is 19.0. The van der Waals surface area contributed by atoms with Crippen LogP contribution >= 0.6 is 11.8 Å². The molecule has 1 aliphatic carbocycles. The Labute approximate surface area is 156 Å². The molecule has 1 spiro atoms. The van der Waals surface area contributed by atoms with Crippen molar-refractivity contribution in [1.82, 2.24) is 4.98 Å². The zero-order valence-electron chi connectivity index (χ0n) is 14.3. The molecule has 3 aliphatic rings. The van der Waals surface area contributed by atoms with Crippen LogP contribution in [0.1, 0.15) is 31.2 Å². The molecule has 2 atom stereocenters. The van der Waals surface area contributed by atoms with Gasteiger partial charge < -0.3 is 14.8 Å². The highest BCUT2D eigenvalue weighted by Crippen LogP contribution is 2.47. The van der Waals surface area contributed by atoms with Crippen LogP contribution in [-0.2, 0) is 20.1 Å². The van der Waals surface area contributed by atoms with Gasteiger partial charge >= 0.3 is 0 Å². The van der Waals surface area contributed by atoms with Crippen molar-refractivity contribution < 1.29 is 14.3 Å². The molecule has 1 unspecified atom stereocenters. The number of pyridine rings is 1. The maximum absolute atomic E-state index is 12.7. The van der Waals surface area contributed by atoms with Gasteiger partial charge in [-0.2, -0.15) is 0 Å². The third-order valence-electron chi connectivity index (χ3n) is 5.13. The van der Waals surface area contributed by atoms with Crippen LogP contribution in [0, 0.1) is 5.92 Å². The Hall–Kier alpha value is -1.89. The molecule has 6 heteroatoms. The molecule has 134 valence electrons. The van der Waals surface area contributed by atoms with E-state index in [-0.39, 0.29) is 12.0 Å². The maximum Gasteiger partial charge on any atom is 0.289 e. The number of carbonyl (C=O) groups is 1. The second kappa shape index (κ2) is 6.37. The van der Waals surface area contributed by atoms with Gasteiger partial charge in [-0.1, -0.05) is 24.6 Å². The summed E-state index contributed by atoms with van der Waals surface area (Å²) in [6, 6.07) is 9.87. The van der Waals surface area contributed by atoms with Gasteiger partial charge in [0.05, 0.1) is 18.4 Å². The minimum atomic E-state index is -1.29. The first-order valence-electron chi connectivity index (χ1n) is 9.08. The fourth-order valence-electron chi connectivity index (χ4n) is 3.65.